The lowest BCUT2D eigenvalue weighted by molar-refractivity contribution is 0.105. The van der Waals surface area contributed by atoms with Crippen LogP contribution in [-0.2, 0) is 43.3 Å². The summed E-state index contributed by atoms with van der Waals surface area (Å²) in [6.07, 6.45) is 6.11. The third-order valence-electron chi connectivity index (χ3n) is 22.4. The van der Waals surface area contributed by atoms with E-state index < -0.39 is 0 Å². The molecule has 1 fully saturated rings. The van der Waals surface area contributed by atoms with Crippen LogP contribution in [0.2, 0.25) is 0 Å². The first-order chi connectivity index (χ1) is 46.9. The first-order valence-electron chi connectivity index (χ1n) is 38.4. The first kappa shape index (κ1) is 75.7. The Morgan fingerprint density at radius 1 is 0.304 bits per heavy atom. The molecule has 2 heterocycles. The monoisotopic (exact) mass is 1370 g/mol. The highest BCUT2D eigenvalue weighted by Gasteiger charge is 2.36. The molecule has 0 bridgehead atoms. The van der Waals surface area contributed by atoms with Crippen molar-refractivity contribution < 1.29 is 19.7 Å². The predicted molar refractivity (Wildman–Crippen MR) is 439 cm³/mol. The maximum Gasteiger partial charge on any atom is 0.147 e. The van der Waals surface area contributed by atoms with Crippen molar-refractivity contribution in [2.24, 2.45) is 22.7 Å². The molecule has 102 heavy (non-hydrogen) atoms. The van der Waals surface area contributed by atoms with Gasteiger partial charge < -0.3 is 28.8 Å². The van der Waals surface area contributed by atoms with E-state index in [9.17, 15) is 10.2 Å². The summed E-state index contributed by atoms with van der Waals surface area (Å²) in [6, 6.07) is 50.3. The van der Waals surface area contributed by atoms with Crippen LogP contribution >= 0.6 is 0 Å². The van der Waals surface area contributed by atoms with Gasteiger partial charge in [-0.15, -0.1) is 0 Å². The number of nitrogens with zero attached hydrogens (tertiary/aromatic N) is 2. The topological polar surface area (TPSA) is 68.8 Å². The maximum absolute atomic E-state index is 13.6. The molecule has 0 amide bonds. The number of hydrogen-bond acceptors (Lipinski definition) is 4. The van der Waals surface area contributed by atoms with Crippen molar-refractivity contribution in [2.75, 3.05) is 13.2 Å². The van der Waals surface area contributed by atoms with Gasteiger partial charge >= 0.3 is 0 Å². The van der Waals surface area contributed by atoms with Crippen molar-refractivity contribution in [3.8, 4) is 56.6 Å². The first-order valence-corrected chi connectivity index (χ1v) is 38.4. The lowest BCUT2D eigenvalue weighted by atomic mass is 9.71. The van der Waals surface area contributed by atoms with E-state index >= 15 is 0 Å². The minimum absolute atomic E-state index is 0.0295. The Labute approximate surface area is 615 Å². The number of ether oxygens (including phenoxy) is 2. The smallest absolute Gasteiger partial charge is 0.147 e. The van der Waals surface area contributed by atoms with Gasteiger partial charge in [0.05, 0.1) is 46.7 Å². The van der Waals surface area contributed by atoms with E-state index in [1.165, 1.54) is 66.1 Å². The molecular formula is C96H126N2O4. The fourth-order valence-electron chi connectivity index (χ4n) is 16.8. The Morgan fingerprint density at radius 3 is 0.804 bits per heavy atom. The zero-order chi connectivity index (χ0) is 74.9. The van der Waals surface area contributed by atoms with Gasteiger partial charge in [0.2, 0.25) is 0 Å². The second-order valence-electron chi connectivity index (χ2n) is 41.0. The number of aromatic hydroxyl groups is 2. The van der Waals surface area contributed by atoms with Crippen LogP contribution in [0.15, 0.2) is 133 Å². The molecule has 0 spiro atoms. The van der Waals surface area contributed by atoms with Gasteiger partial charge in [0.1, 0.15) is 23.0 Å². The number of hydrogen-bond donors (Lipinski definition) is 2. The van der Waals surface area contributed by atoms with Crippen molar-refractivity contribution in [3.63, 3.8) is 0 Å². The normalized spacial score (nSPS) is 15.9. The summed E-state index contributed by atoms with van der Waals surface area (Å²) in [6.45, 7) is 65.6. The Hall–Kier alpha value is -7.44. The van der Waals surface area contributed by atoms with Crippen molar-refractivity contribution in [2.45, 2.75) is 276 Å². The molecule has 544 valence electrons. The molecule has 6 heteroatoms. The zero-order valence-corrected chi connectivity index (χ0v) is 68.1. The van der Waals surface area contributed by atoms with Gasteiger partial charge in [-0.1, -0.05) is 243 Å². The van der Waals surface area contributed by atoms with Gasteiger partial charge in [-0.05, 0) is 233 Å². The number of rotatable bonds is 14. The summed E-state index contributed by atoms with van der Waals surface area (Å²) in [5.74, 6) is 2.38. The van der Waals surface area contributed by atoms with Gasteiger partial charge in [-0.3, -0.25) is 0 Å². The van der Waals surface area contributed by atoms with Crippen molar-refractivity contribution in [1.82, 2.24) is 9.13 Å². The molecule has 0 radical (unpaired) electrons. The van der Waals surface area contributed by atoms with Crippen molar-refractivity contribution >= 4 is 43.6 Å². The number of aromatic nitrogens is 2. The minimum Gasteiger partial charge on any atom is -0.505 e. The van der Waals surface area contributed by atoms with Crippen LogP contribution in [0.1, 0.15) is 277 Å². The van der Waals surface area contributed by atoms with Crippen LogP contribution in [0.3, 0.4) is 0 Å². The van der Waals surface area contributed by atoms with Crippen LogP contribution in [0.5, 0.6) is 23.0 Å². The molecule has 0 saturated heterocycles. The largest absolute Gasteiger partial charge is 0.505 e. The van der Waals surface area contributed by atoms with Crippen LogP contribution in [-0.4, -0.2) is 32.6 Å². The fraction of sp³-hybridized carbons (Fsp3) is 0.500. The molecule has 8 aromatic carbocycles. The van der Waals surface area contributed by atoms with Crippen LogP contribution in [0.4, 0.5) is 0 Å². The highest BCUT2D eigenvalue weighted by molar-refractivity contribution is 6.11. The standard InChI is InChI=1S/C96H126N2O4/c1-87(2,3)57-95(25,26)67-51-75(85(99)81(53-67)97-77-39-33-61(89(7,8)9)45-69(77)70-46-62(90(10,11)12)34-40-78(70)97)73-49-65(93(19,20)21)37-43-83(73)101-55-59-31-29-30-32-60(59)56-102-84-44-38-66(94(22,23)24)50-74(84)76-52-68(96(27,28)58-88(4,5)6)54-82(86(76)100)98-79-41-35-63(91(13,14)15)47-71(79)72-48-64(92(16,17)18)36-42-80(72)98/h33-54,59-60,99-100H,29-32,55-58H2,1-28H3/t59-,60?/m1/s1. The molecule has 2 N–H and O–H groups in total. The average Bonchev–Trinajstić information content (AvgIpc) is 1.54. The van der Waals surface area contributed by atoms with Gasteiger partial charge in [-0.2, -0.15) is 0 Å². The summed E-state index contributed by atoms with van der Waals surface area (Å²) >= 11 is 0. The lowest BCUT2D eigenvalue weighted by Crippen LogP contribution is -2.30. The average molecular weight is 1370 g/mol. The van der Waals surface area contributed by atoms with E-state index in [4.69, 9.17) is 9.47 Å². The molecule has 1 aliphatic carbocycles. The fourth-order valence-corrected chi connectivity index (χ4v) is 16.8. The number of phenols is 2. The summed E-state index contributed by atoms with van der Waals surface area (Å²) in [4.78, 5) is 0. The lowest BCUT2D eigenvalue weighted by Gasteiger charge is -2.34. The predicted octanol–water partition coefficient (Wildman–Crippen LogP) is 27.1. The Balaban J connectivity index is 1.02. The third-order valence-corrected chi connectivity index (χ3v) is 22.4. The molecule has 6 nitrogen and oxygen atoms in total. The summed E-state index contributed by atoms with van der Waals surface area (Å²) in [7, 11) is 0. The highest BCUT2D eigenvalue weighted by Crippen LogP contribution is 2.52. The minimum atomic E-state index is -0.273. The molecule has 1 aliphatic rings. The molecular weight excluding hydrogens is 1250 g/mol. The van der Waals surface area contributed by atoms with E-state index in [2.05, 4.69) is 336 Å². The molecule has 2 atom stereocenters. The van der Waals surface area contributed by atoms with Crippen LogP contribution < -0.4 is 9.47 Å². The second kappa shape index (κ2) is 26.3. The van der Waals surface area contributed by atoms with E-state index in [-0.39, 0.29) is 77.5 Å². The van der Waals surface area contributed by atoms with E-state index in [0.717, 1.165) is 106 Å². The number of benzene rings is 8. The number of fused-ring (bicyclic) bond motifs is 6. The Kier molecular flexibility index (Phi) is 19.5. The van der Waals surface area contributed by atoms with Crippen molar-refractivity contribution in [3.05, 3.63) is 178 Å². The Morgan fingerprint density at radius 2 is 0.549 bits per heavy atom. The van der Waals surface area contributed by atoms with Gasteiger partial charge in [-0.25, -0.2) is 0 Å². The van der Waals surface area contributed by atoms with Gasteiger partial charge in [0.15, 0.2) is 0 Å². The molecule has 10 aromatic rings. The van der Waals surface area contributed by atoms with Crippen LogP contribution in [0.25, 0.3) is 77.2 Å². The summed E-state index contributed by atoms with van der Waals surface area (Å²) in [5.41, 5.74) is 17.8. The zero-order valence-electron chi connectivity index (χ0n) is 68.1. The molecule has 1 unspecified atom stereocenters. The second-order valence-corrected chi connectivity index (χ2v) is 41.0. The van der Waals surface area contributed by atoms with E-state index in [1.807, 2.05) is 0 Å². The van der Waals surface area contributed by atoms with Gasteiger partial charge in [0, 0.05) is 43.8 Å². The Bertz CT molecular complexity index is 4360. The van der Waals surface area contributed by atoms with Gasteiger partial charge in [0.25, 0.3) is 0 Å². The molecule has 1 saturated carbocycles. The van der Waals surface area contributed by atoms with E-state index in [1.54, 1.807) is 0 Å². The number of phenolic OH excluding ortho intramolecular Hbond substituents is 2. The maximum atomic E-state index is 13.6. The molecule has 11 rings (SSSR count). The summed E-state index contributed by atoms with van der Waals surface area (Å²) < 4.78 is 19.5. The van der Waals surface area contributed by atoms with Crippen LogP contribution in [0, 0.1) is 22.7 Å². The molecule has 2 aromatic heterocycles. The molecule has 0 aliphatic heterocycles. The third kappa shape index (κ3) is 15.5. The van der Waals surface area contributed by atoms with E-state index in [0.29, 0.717) is 13.2 Å². The summed E-state index contributed by atoms with van der Waals surface area (Å²) in [5, 5.41) is 31.9. The van der Waals surface area contributed by atoms with Crippen molar-refractivity contribution in [1.29, 1.82) is 0 Å². The SMILES string of the molecule is CC(C)(C)CC(C)(C)c1cc(-c2cc(C(C)(C)C)ccc2OCC2CCCC[C@@H]2COc2ccc(C(C)(C)C)cc2-c2cc(C(C)(C)CC(C)(C)C)cc(-n3c4ccc(C(C)(C)C)cc4c4cc(C(C)(C)C)ccc43)c2O)c(O)c(-n2c3ccc(C(C)(C)C)cc3c3cc(C(C)(C)C)ccc32)c1. The highest BCUT2D eigenvalue weighted by atomic mass is 16.5. The quantitative estimate of drug-likeness (QED) is 0.114.